The molecule has 0 unspecified atom stereocenters. The van der Waals surface area contributed by atoms with Gasteiger partial charge in [0.2, 0.25) is 5.91 Å². The highest BCUT2D eigenvalue weighted by molar-refractivity contribution is 5.95. The predicted octanol–water partition coefficient (Wildman–Crippen LogP) is 1.91. The minimum Gasteiger partial charge on any atom is -0.336 e. The van der Waals surface area contributed by atoms with Gasteiger partial charge in [0.05, 0.1) is 6.54 Å². The van der Waals surface area contributed by atoms with Crippen LogP contribution in [0, 0.1) is 6.92 Å². The normalized spacial score (nSPS) is 17.1. The van der Waals surface area contributed by atoms with E-state index in [2.05, 4.69) is 4.90 Å². The van der Waals surface area contributed by atoms with Crippen LogP contribution in [0.1, 0.15) is 34.8 Å². The average molecular weight is 409 g/mol. The minimum absolute atomic E-state index is 0.0206. The predicted molar refractivity (Wildman–Crippen MR) is 116 cm³/mol. The molecule has 1 aromatic carbocycles. The summed E-state index contributed by atoms with van der Waals surface area (Å²) in [6.45, 7) is 4.38. The maximum atomic E-state index is 13.1. The minimum atomic E-state index is -0.195. The number of rotatable bonds is 5. The second kappa shape index (κ2) is 8.44. The molecule has 7 nitrogen and oxygen atoms in total. The smallest absolute Gasteiger partial charge is 0.263 e. The van der Waals surface area contributed by atoms with Crippen molar-refractivity contribution in [2.75, 3.05) is 44.7 Å². The van der Waals surface area contributed by atoms with Crippen molar-refractivity contribution in [3.8, 4) is 0 Å². The van der Waals surface area contributed by atoms with Crippen molar-refractivity contribution in [3.05, 3.63) is 64.1 Å². The summed E-state index contributed by atoms with van der Waals surface area (Å²) >= 11 is 0. The zero-order valence-corrected chi connectivity index (χ0v) is 17.6. The van der Waals surface area contributed by atoms with Crippen molar-refractivity contribution in [2.24, 2.45) is 0 Å². The summed E-state index contributed by atoms with van der Waals surface area (Å²) < 4.78 is 1.70. The molecule has 2 amide bonds. The number of nitrogens with zero attached hydrogens (tertiary/aromatic N) is 4. The number of likely N-dealkylation sites (N-methyl/N-ethyl adjacent to an activating group) is 1. The molecular formula is C23H28N4O3. The van der Waals surface area contributed by atoms with E-state index in [0.29, 0.717) is 32.7 Å². The highest BCUT2D eigenvalue weighted by Crippen LogP contribution is 2.33. The number of hydrogen-bond donors (Lipinski definition) is 0. The van der Waals surface area contributed by atoms with Crippen LogP contribution in [0.15, 0.2) is 47.4 Å². The van der Waals surface area contributed by atoms with Crippen LogP contribution in [0.2, 0.25) is 0 Å². The quantitative estimate of drug-likeness (QED) is 0.758. The van der Waals surface area contributed by atoms with Gasteiger partial charge in [0.1, 0.15) is 5.56 Å². The Balaban J connectivity index is 1.37. The molecular weight excluding hydrogens is 380 g/mol. The number of para-hydroxylation sites is 1. The van der Waals surface area contributed by atoms with E-state index in [4.69, 9.17) is 0 Å². The van der Waals surface area contributed by atoms with Crippen LogP contribution in [0.3, 0.4) is 0 Å². The third kappa shape index (κ3) is 4.16. The number of amides is 2. The fourth-order valence-electron chi connectivity index (χ4n) is 3.90. The molecule has 0 radical (unpaired) electrons. The number of aromatic nitrogens is 1. The van der Waals surface area contributed by atoms with Crippen LogP contribution in [0.25, 0.3) is 0 Å². The molecule has 1 aliphatic carbocycles. The van der Waals surface area contributed by atoms with E-state index in [1.165, 1.54) is 0 Å². The van der Waals surface area contributed by atoms with Crippen molar-refractivity contribution >= 4 is 17.5 Å². The maximum absolute atomic E-state index is 13.1. The number of hydrogen-bond acceptors (Lipinski definition) is 4. The maximum Gasteiger partial charge on any atom is 0.263 e. The zero-order valence-electron chi connectivity index (χ0n) is 17.6. The van der Waals surface area contributed by atoms with Gasteiger partial charge in [0.25, 0.3) is 11.5 Å². The van der Waals surface area contributed by atoms with Gasteiger partial charge < -0.3 is 14.4 Å². The number of carbonyl (C=O) groups excluding carboxylic acids is 2. The highest BCUT2D eigenvalue weighted by Gasteiger charge is 2.30. The molecule has 2 aromatic rings. The molecule has 2 aliphatic rings. The summed E-state index contributed by atoms with van der Waals surface area (Å²) in [5.74, 6) is -0.174. The van der Waals surface area contributed by atoms with Crippen LogP contribution < -0.4 is 10.5 Å². The fraction of sp³-hybridized carbons (Fsp3) is 0.435. The zero-order chi connectivity index (χ0) is 21.3. The molecule has 7 heteroatoms. The van der Waals surface area contributed by atoms with Gasteiger partial charge in [-0.1, -0.05) is 18.2 Å². The molecule has 2 fully saturated rings. The molecule has 1 saturated carbocycles. The average Bonchev–Trinajstić information content (AvgIpc) is 3.59. The number of carbonyl (C=O) groups is 2. The lowest BCUT2D eigenvalue weighted by Crippen LogP contribution is -2.52. The SMILES string of the molecule is Cc1ccn(C2CC2)c(=O)c1C(=O)N1CCN(CC(=O)N(C)c2ccccc2)CC1. The lowest BCUT2D eigenvalue weighted by atomic mass is 10.1. The number of aryl methyl sites for hydroxylation is 1. The second-order valence-electron chi connectivity index (χ2n) is 8.17. The first-order valence-corrected chi connectivity index (χ1v) is 10.5. The molecule has 0 atom stereocenters. The van der Waals surface area contributed by atoms with E-state index in [-0.39, 0.29) is 29.0 Å². The summed E-state index contributed by atoms with van der Waals surface area (Å²) in [6.07, 6.45) is 3.81. The van der Waals surface area contributed by atoms with Crippen molar-refractivity contribution in [1.29, 1.82) is 0 Å². The lowest BCUT2D eigenvalue weighted by molar-refractivity contribution is -0.119. The Morgan fingerprint density at radius 2 is 1.70 bits per heavy atom. The summed E-state index contributed by atoms with van der Waals surface area (Å²) in [5, 5.41) is 0. The Bertz CT molecular complexity index is 989. The van der Waals surface area contributed by atoms with E-state index >= 15 is 0 Å². The summed E-state index contributed by atoms with van der Waals surface area (Å²) in [5.41, 5.74) is 1.70. The molecule has 0 bridgehead atoms. The molecule has 0 N–H and O–H groups in total. The van der Waals surface area contributed by atoms with Gasteiger partial charge in [0.15, 0.2) is 0 Å². The van der Waals surface area contributed by atoms with Crippen molar-refractivity contribution in [3.63, 3.8) is 0 Å². The highest BCUT2D eigenvalue weighted by atomic mass is 16.2. The molecule has 30 heavy (non-hydrogen) atoms. The fourth-order valence-corrected chi connectivity index (χ4v) is 3.90. The van der Waals surface area contributed by atoms with Crippen LogP contribution in [-0.2, 0) is 4.79 Å². The molecule has 0 spiro atoms. The van der Waals surface area contributed by atoms with Crippen LogP contribution >= 0.6 is 0 Å². The molecule has 4 rings (SSSR count). The van der Waals surface area contributed by atoms with Crippen molar-refractivity contribution in [1.82, 2.24) is 14.4 Å². The van der Waals surface area contributed by atoms with Gasteiger partial charge in [-0.05, 0) is 43.5 Å². The van der Waals surface area contributed by atoms with Crippen LogP contribution in [0.5, 0.6) is 0 Å². The summed E-state index contributed by atoms with van der Waals surface area (Å²) in [4.78, 5) is 44.0. The lowest BCUT2D eigenvalue weighted by Gasteiger charge is -2.35. The first kappa shape index (κ1) is 20.3. The molecule has 1 aromatic heterocycles. The molecule has 1 saturated heterocycles. The van der Waals surface area contributed by atoms with Gasteiger partial charge in [-0.25, -0.2) is 0 Å². The van der Waals surface area contributed by atoms with E-state index in [1.54, 1.807) is 27.6 Å². The van der Waals surface area contributed by atoms with Crippen molar-refractivity contribution in [2.45, 2.75) is 25.8 Å². The Hall–Kier alpha value is -2.93. The Kier molecular flexibility index (Phi) is 5.72. The second-order valence-corrected chi connectivity index (χ2v) is 8.17. The summed E-state index contributed by atoms with van der Waals surface area (Å²) in [6, 6.07) is 11.7. The molecule has 2 heterocycles. The monoisotopic (exact) mass is 408 g/mol. The number of benzene rings is 1. The van der Waals surface area contributed by atoms with Crippen molar-refractivity contribution < 1.29 is 9.59 Å². The Morgan fingerprint density at radius 1 is 1.03 bits per heavy atom. The molecule has 158 valence electrons. The summed E-state index contributed by atoms with van der Waals surface area (Å²) in [7, 11) is 1.78. The Labute approximate surface area is 176 Å². The van der Waals surface area contributed by atoms with E-state index in [9.17, 15) is 14.4 Å². The van der Waals surface area contributed by atoms with Crippen LogP contribution in [-0.4, -0.2) is 66.0 Å². The third-order valence-corrected chi connectivity index (χ3v) is 6.02. The largest absolute Gasteiger partial charge is 0.336 e. The molecule has 1 aliphatic heterocycles. The first-order chi connectivity index (χ1) is 14.5. The van der Waals surface area contributed by atoms with E-state index in [0.717, 1.165) is 24.1 Å². The third-order valence-electron chi connectivity index (χ3n) is 6.02. The van der Waals surface area contributed by atoms with E-state index in [1.807, 2.05) is 43.3 Å². The van der Waals surface area contributed by atoms with Gasteiger partial charge in [-0.15, -0.1) is 0 Å². The standard InChI is InChI=1S/C23H28N4O3/c1-17-10-11-27(19-8-9-19)23(30)21(17)22(29)26-14-12-25(13-15-26)16-20(28)24(2)18-6-4-3-5-7-18/h3-7,10-11,19H,8-9,12-16H2,1-2H3. The van der Waals surface area contributed by atoms with Gasteiger partial charge in [0, 0.05) is 51.2 Å². The topological polar surface area (TPSA) is 65.9 Å². The van der Waals surface area contributed by atoms with Gasteiger partial charge >= 0.3 is 0 Å². The van der Waals surface area contributed by atoms with E-state index < -0.39 is 0 Å². The van der Waals surface area contributed by atoms with Gasteiger partial charge in [-0.3, -0.25) is 19.3 Å². The number of anilines is 1. The van der Waals surface area contributed by atoms with Crippen LogP contribution in [0.4, 0.5) is 5.69 Å². The first-order valence-electron chi connectivity index (χ1n) is 10.5. The number of pyridine rings is 1. The Morgan fingerprint density at radius 3 is 2.33 bits per heavy atom. The van der Waals surface area contributed by atoms with Gasteiger partial charge in [-0.2, -0.15) is 0 Å². The number of piperazine rings is 1.